The van der Waals surface area contributed by atoms with Gasteiger partial charge in [-0.15, -0.1) is 0 Å². The first-order chi connectivity index (χ1) is 21.5. The Kier molecular flexibility index (Phi) is 5.39. The molecule has 4 aliphatic rings. The van der Waals surface area contributed by atoms with Crippen molar-refractivity contribution in [2.45, 2.75) is 64.5 Å². The van der Waals surface area contributed by atoms with E-state index in [4.69, 9.17) is 9.47 Å². The van der Waals surface area contributed by atoms with Crippen LogP contribution >= 0.6 is 0 Å². The lowest BCUT2D eigenvalue weighted by atomic mass is 9.34. The van der Waals surface area contributed by atoms with Crippen molar-refractivity contribution < 1.29 is 9.47 Å². The number of hydrogen-bond acceptors (Lipinski definition) is 3. The summed E-state index contributed by atoms with van der Waals surface area (Å²) in [5.41, 5.74) is 10.4. The van der Waals surface area contributed by atoms with E-state index in [0.29, 0.717) is 0 Å². The van der Waals surface area contributed by atoms with Crippen molar-refractivity contribution in [2.24, 2.45) is 0 Å². The van der Waals surface area contributed by atoms with Crippen LogP contribution in [0.25, 0.3) is 0 Å². The van der Waals surface area contributed by atoms with Crippen molar-refractivity contribution in [1.29, 1.82) is 0 Å². The van der Waals surface area contributed by atoms with Gasteiger partial charge in [0.05, 0.1) is 0 Å². The van der Waals surface area contributed by atoms with E-state index in [2.05, 4.69) is 143 Å². The summed E-state index contributed by atoms with van der Waals surface area (Å²) in [7, 11) is -1.86. The Morgan fingerprint density at radius 3 is 1.78 bits per heavy atom. The number of ether oxygens (including phenoxy) is 2. The Bertz CT molecular complexity index is 2030. The highest BCUT2D eigenvalue weighted by Crippen LogP contribution is 2.48. The maximum absolute atomic E-state index is 6.78. The fourth-order valence-electron chi connectivity index (χ4n) is 8.56. The number of fused-ring (bicyclic) bond motifs is 7. The van der Waals surface area contributed by atoms with Crippen molar-refractivity contribution in [3.05, 3.63) is 108 Å². The average Bonchev–Trinajstić information content (AvgIpc) is 3.03. The molecule has 0 fully saturated rings. The summed E-state index contributed by atoms with van der Waals surface area (Å²) in [5.74, 6) is 3.69. The van der Waals surface area contributed by atoms with Crippen LogP contribution < -0.4 is 41.1 Å². The second-order valence-electron chi connectivity index (χ2n) is 15.2. The number of hydrogen-bond donors (Lipinski definition) is 0. The van der Waals surface area contributed by atoms with Crippen LogP contribution in [-0.2, 0) is 10.8 Å². The van der Waals surface area contributed by atoms with Gasteiger partial charge in [0.25, 0.3) is 6.71 Å². The molecule has 0 amide bonds. The summed E-state index contributed by atoms with van der Waals surface area (Å²) in [6.45, 7) is 14.6. The van der Waals surface area contributed by atoms with E-state index in [9.17, 15) is 0 Å². The molecule has 0 saturated heterocycles. The molecule has 3 heterocycles. The van der Waals surface area contributed by atoms with Gasteiger partial charge >= 0.3 is 0 Å². The first-order valence-corrected chi connectivity index (χ1v) is 19.4. The van der Waals surface area contributed by atoms with Crippen LogP contribution in [0, 0.1) is 0 Å². The fraction of sp³-hybridized carbons (Fsp3) is 0.250. The predicted octanol–water partition coefficient (Wildman–Crippen LogP) is 7.37. The molecule has 3 aliphatic heterocycles. The molecule has 222 valence electrons. The summed E-state index contributed by atoms with van der Waals surface area (Å²) in [5, 5.41) is 2.93. The number of para-hydroxylation sites is 2. The van der Waals surface area contributed by atoms with Gasteiger partial charge < -0.3 is 14.4 Å². The summed E-state index contributed by atoms with van der Waals surface area (Å²) in [6.07, 6.45) is 2.36. The molecule has 5 aromatic rings. The minimum Gasteiger partial charge on any atom is -0.458 e. The van der Waals surface area contributed by atoms with Crippen molar-refractivity contribution in [1.82, 2.24) is 0 Å². The minimum atomic E-state index is -1.86. The summed E-state index contributed by atoms with van der Waals surface area (Å²) in [6, 6.07) is 35.9. The van der Waals surface area contributed by atoms with Gasteiger partial charge in [0, 0.05) is 28.6 Å². The molecule has 3 nitrogen and oxygen atoms in total. The zero-order chi connectivity index (χ0) is 30.9. The van der Waals surface area contributed by atoms with Gasteiger partial charge in [0.2, 0.25) is 0 Å². The van der Waals surface area contributed by atoms with Crippen LogP contribution in [0.15, 0.2) is 97.1 Å². The minimum absolute atomic E-state index is 0.0520. The molecule has 0 saturated carbocycles. The largest absolute Gasteiger partial charge is 0.458 e. The predicted molar refractivity (Wildman–Crippen MR) is 191 cm³/mol. The van der Waals surface area contributed by atoms with E-state index in [0.717, 1.165) is 34.1 Å². The van der Waals surface area contributed by atoms with Crippen LogP contribution in [0.1, 0.15) is 51.7 Å². The van der Waals surface area contributed by atoms with Crippen LogP contribution in [0.5, 0.6) is 23.0 Å². The zero-order valence-electron chi connectivity index (χ0n) is 27.0. The molecule has 0 aromatic heterocycles. The van der Waals surface area contributed by atoms with Crippen molar-refractivity contribution in [3.63, 3.8) is 0 Å². The van der Waals surface area contributed by atoms with Gasteiger partial charge in [-0.2, -0.15) is 0 Å². The Balaban J connectivity index is 1.24. The second kappa shape index (κ2) is 8.95. The van der Waals surface area contributed by atoms with Gasteiger partial charge in [0.1, 0.15) is 31.1 Å². The highest BCUT2D eigenvalue weighted by Gasteiger charge is 2.45. The molecule has 0 bridgehead atoms. The molecule has 9 rings (SSSR count). The smallest absolute Gasteiger partial charge is 0.260 e. The fourth-order valence-corrected chi connectivity index (χ4v) is 11.5. The van der Waals surface area contributed by atoms with Crippen LogP contribution in [-0.4, -0.2) is 14.8 Å². The van der Waals surface area contributed by atoms with E-state index >= 15 is 0 Å². The lowest BCUT2D eigenvalue weighted by Gasteiger charge is -2.43. The van der Waals surface area contributed by atoms with Gasteiger partial charge in [-0.25, -0.2) is 0 Å². The SMILES string of the molecule is CC1(C)CCC(C)(C)c2cc3c(cc21)Oc1cccc2c1B3c1ccc(N3c4ccccc4[Si](C)(C)c4ccccc43)cc1O2. The van der Waals surface area contributed by atoms with Crippen molar-refractivity contribution in [2.75, 3.05) is 4.90 Å². The third kappa shape index (κ3) is 3.71. The standard InChI is InChI=1S/C40H38BNO2Si/c1-39(2)20-21-40(3,4)27-24-35-29(23-26(27)39)41-28-19-18-25(22-34(28)43-32-14-11-15-33(44-35)38(32)41)42-30-12-7-9-16-36(30)45(5,6)37-17-10-8-13-31(37)42/h7-19,22-24H,20-21H2,1-6H3. The molecule has 0 N–H and O–H groups in total. The highest BCUT2D eigenvalue weighted by molar-refractivity contribution is 7.02. The van der Waals surface area contributed by atoms with Crippen molar-refractivity contribution in [3.8, 4) is 23.0 Å². The van der Waals surface area contributed by atoms with Gasteiger partial charge in [-0.3, -0.25) is 0 Å². The molecule has 0 radical (unpaired) electrons. The molecular formula is C40H38BNO2Si. The third-order valence-electron chi connectivity index (χ3n) is 11.3. The Morgan fingerprint density at radius 2 is 1.16 bits per heavy atom. The Hall–Kier alpha value is -4.22. The van der Waals surface area contributed by atoms with Crippen LogP contribution in [0.3, 0.4) is 0 Å². The van der Waals surface area contributed by atoms with E-state index in [1.54, 1.807) is 0 Å². The maximum atomic E-state index is 6.78. The highest BCUT2D eigenvalue weighted by atomic mass is 28.3. The number of anilines is 3. The summed E-state index contributed by atoms with van der Waals surface area (Å²) in [4.78, 5) is 2.44. The topological polar surface area (TPSA) is 21.7 Å². The summed E-state index contributed by atoms with van der Waals surface area (Å²) >= 11 is 0. The van der Waals surface area contributed by atoms with E-state index in [-0.39, 0.29) is 17.5 Å². The molecule has 45 heavy (non-hydrogen) atoms. The number of benzene rings is 5. The lowest BCUT2D eigenvalue weighted by Crippen LogP contribution is -2.58. The zero-order valence-corrected chi connectivity index (χ0v) is 28.0. The quantitative estimate of drug-likeness (QED) is 0.183. The van der Waals surface area contributed by atoms with Crippen LogP contribution in [0.2, 0.25) is 13.1 Å². The molecule has 0 unspecified atom stereocenters. The molecular weight excluding hydrogens is 565 g/mol. The summed E-state index contributed by atoms with van der Waals surface area (Å²) < 4.78 is 13.5. The number of rotatable bonds is 1. The molecule has 5 aromatic carbocycles. The van der Waals surface area contributed by atoms with Gasteiger partial charge in [0.15, 0.2) is 0 Å². The molecule has 0 atom stereocenters. The first kappa shape index (κ1) is 27.1. The maximum Gasteiger partial charge on any atom is 0.260 e. The second-order valence-corrected chi connectivity index (χ2v) is 19.6. The van der Waals surface area contributed by atoms with Crippen LogP contribution in [0.4, 0.5) is 17.1 Å². The van der Waals surface area contributed by atoms with E-state index in [1.807, 2.05) is 0 Å². The number of nitrogens with zero attached hydrogens (tertiary/aromatic N) is 1. The third-order valence-corrected chi connectivity index (χ3v) is 14.8. The molecule has 1 aliphatic carbocycles. The molecule has 5 heteroatoms. The Morgan fingerprint density at radius 1 is 0.600 bits per heavy atom. The van der Waals surface area contributed by atoms with Gasteiger partial charge in [-0.1, -0.05) is 95.4 Å². The first-order valence-electron chi connectivity index (χ1n) is 16.4. The average molecular weight is 604 g/mol. The van der Waals surface area contributed by atoms with Crippen molar-refractivity contribution >= 4 is 58.6 Å². The normalized spacial score (nSPS) is 18.6. The van der Waals surface area contributed by atoms with E-state index in [1.165, 1.54) is 56.6 Å². The Labute approximate surface area is 267 Å². The van der Waals surface area contributed by atoms with Gasteiger partial charge in [-0.05, 0) is 92.5 Å². The molecule has 0 spiro atoms. The lowest BCUT2D eigenvalue weighted by molar-refractivity contribution is 0.330. The van der Waals surface area contributed by atoms with E-state index < -0.39 is 8.07 Å². The monoisotopic (exact) mass is 603 g/mol.